The maximum atomic E-state index is 4.36. The molecule has 2 atom stereocenters. The van der Waals surface area contributed by atoms with Gasteiger partial charge in [-0.3, -0.25) is 0 Å². The second kappa shape index (κ2) is 4.46. The van der Waals surface area contributed by atoms with E-state index in [1.54, 1.807) is 11.3 Å². The first-order valence-corrected chi connectivity index (χ1v) is 8.02. The van der Waals surface area contributed by atoms with Gasteiger partial charge in [-0.05, 0) is 43.9 Å². The molecule has 1 saturated carbocycles. The maximum absolute atomic E-state index is 4.36. The third-order valence-electron chi connectivity index (χ3n) is 4.44. The third-order valence-corrected chi connectivity index (χ3v) is 5.23. The van der Waals surface area contributed by atoms with Crippen LogP contribution in [0.4, 0.5) is 5.69 Å². The Labute approximate surface area is 117 Å². The van der Waals surface area contributed by atoms with E-state index in [-0.39, 0.29) is 0 Å². The number of nitrogens with one attached hydrogen (secondary N) is 1. The number of aromatic nitrogens is 1. The standard InChI is InChI=1S/C15H19N3S/c1-10-7-16-14(11-2-3-11)8-18(10)12-4-5-13-15(6-12)19-9-17-13/h4-6,9-11,14,16H,2-3,7-8H2,1H3. The second-order valence-electron chi connectivity index (χ2n) is 5.86. The third kappa shape index (κ3) is 2.13. The summed E-state index contributed by atoms with van der Waals surface area (Å²) >= 11 is 1.73. The number of hydrogen-bond donors (Lipinski definition) is 1. The number of anilines is 1. The summed E-state index contributed by atoms with van der Waals surface area (Å²) in [7, 11) is 0. The van der Waals surface area contributed by atoms with Gasteiger partial charge >= 0.3 is 0 Å². The fourth-order valence-electron chi connectivity index (χ4n) is 3.09. The van der Waals surface area contributed by atoms with Gasteiger partial charge in [0.25, 0.3) is 0 Å². The normalized spacial score (nSPS) is 27.9. The van der Waals surface area contributed by atoms with Gasteiger partial charge in [-0.2, -0.15) is 0 Å². The summed E-state index contributed by atoms with van der Waals surface area (Å²) in [6.07, 6.45) is 2.82. The van der Waals surface area contributed by atoms with Crippen LogP contribution in [0.15, 0.2) is 23.7 Å². The van der Waals surface area contributed by atoms with E-state index in [9.17, 15) is 0 Å². The predicted molar refractivity (Wildman–Crippen MR) is 80.9 cm³/mol. The highest BCUT2D eigenvalue weighted by atomic mass is 32.1. The van der Waals surface area contributed by atoms with Crippen LogP contribution in [-0.4, -0.2) is 30.2 Å². The quantitative estimate of drug-likeness (QED) is 0.912. The fourth-order valence-corrected chi connectivity index (χ4v) is 3.80. The Hall–Kier alpha value is -1.13. The zero-order valence-corrected chi connectivity index (χ0v) is 12.0. The molecule has 1 aliphatic carbocycles. The van der Waals surface area contributed by atoms with Crippen LogP contribution in [0.2, 0.25) is 0 Å². The zero-order valence-electron chi connectivity index (χ0n) is 11.2. The lowest BCUT2D eigenvalue weighted by atomic mass is 10.1. The molecule has 1 aromatic heterocycles. The Bertz CT molecular complexity index is 590. The van der Waals surface area contributed by atoms with Gasteiger partial charge in [0.05, 0.1) is 15.7 Å². The molecular weight excluding hydrogens is 254 g/mol. The molecule has 0 amide bonds. The van der Waals surface area contributed by atoms with Crippen molar-refractivity contribution in [3.8, 4) is 0 Å². The molecule has 0 radical (unpaired) electrons. The van der Waals surface area contributed by atoms with Crippen molar-refractivity contribution >= 4 is 27.2 Å². The molecule has 100 valence electrons. The van der Waals surface area contributed by atoms with Gasteiger partial charge in [-0.25, -0.2) is 4.98 Å². The van der Waals surface area contributed by atoms with Crippen LogP contribution in [0.3, 0.4) is 0 Å². The molecule has 0 spiro atoms. The fraction of sp³-hybridized carbons (Fsp3) is 0.533. The van der Waals surface area contributed by atoms with Gasteiger partial charge in [0.15, 0.2) is 0 Å². The lowest BCUT2D eigenvalue weighted by molar-refractivity contribution is 0.376. The van der Waals surface area contributed by atoms with Gasteiger partial charge < -0.3 is 10.2 Å². The Kier molecular flexibility index (Phi) is 2.74. The highest BCUT2D eigenvalue weighted by Gasteiger charge is 2.36. The summed E-state index contributed by atoms with van der Waals surface area (Å²) in [4.78, 5) is 6.93. The lowest BCUT2D eigenvalue weighted by Crippen LogP contribution is -2.56. The molecule has 1 aromatic carbocycles. The molecular formula is C15H19N3S. The van der Waals surface area contributed by atoms with Crippen LogP contribution in [0.1, 0.15) is 19.8 Å². The van der Waals surface area contributed by atoms with Crippen LogP contribution in [0.5, 0.6) is 0 Å². The van der Waals surface area contributed by atoms with Crippen LogP contribution >= 0.6 is 11.3 Å². The monoisotopic (exact) mass is 273 g/mol. The predicted octanol–water partition coefficient (Wildman–Crippen LogP) is 2.87. The van der Waals surface area contributed by atoms with Crippen LogP contribution in [-0.2, 0) is 0 Å². The first-order valence-electron chi connectivity index (χ1n) is 7.14. The zero-order chi connectivity index (χ0) is 12.8. The number of fused-ring (bicyclic) bond motifs is 1. The summed E-state index contributed by atoms with van der Waals surface area (Å²) in [5.41, 5.74) is 4.41. The smallest absolute Gasteiger partial charge is 0.0813 e. The summed E-state index contributed by atoms with van der Waals surface area (Å²) < 4.78 is 1.30. The first kappa shape index (κ1) is 11.7. The van der Waals surface area contributed by atoms with Crippen molar-refractivity contribution in [3.05, 3.63) is 23.7 Å². The Morgan fingerprint density at radius 3 is 3.11 bits per heavy atom. The van der Waals surface area contributed by atoms with Crippen molar-refractivity contribution in [1.82, 2.24) is 10.3 Å². The number of piperazine rings is 1. The van der Waals surface area contributed by atoms with Gasteiger partial charge in [0, 0.05) is 30.9 Å². The van der Waals surface area contributed by atoms with E-state index in [1.165, 1.54) is 23.2 Å². The Morgan fingerprint density at radius 1 is 1.37 bits per heavy atom. The van der Waals surface area contributed by atoms with Crippen LogP contribution in [0, 0.1) is 5.92 Å². The molecule has 0 bridgehead atoms. The molecule has 2 fully saturated rings. The highest BCUT2D eigenvalue weighted by molar-refractivity contribution is 7.16. The molecule has 4 heteroatoms. The SMILES string of the molecule is CC1CNC(C2CC2)CN1c1ccc2ncsc2c1. The molecule has 2 unspecified atom stereocenters. The lowest BCUT2D eigenvalue weighted by Gasteiger charge is -2.40. The van der Waals surface area contributed by atoms with E-state index in [1.807, 2.05) is 5.51 Å². The van der Waals surface area contributed by atoms with E-state index in [4.69, 9.17) is 0 Å². The van der Waals surface area contributed by atoms with Crippen molar-refractivity contribution in [2.24, 2.45) is 5.92 Å². The summed E-state index contributed by atoms with van der Waals surface area (Å²) in [6, 6.07) is 7.95. The summed E-state index contributed by atoms with van der Waals surface area (Å²) in [5.74, 6) is 0.919. The van der Waals surface area contributed by atoms with E-state index < -0.39 is 0 Å². The van der Waals surface area contributed by atoms with Crippen LogP contribution in [0.25, 0.3) is 10.2 Å². The maximum Gasteiger partial charge on any atom is 0.0813 e. The Morgan fingerprint density at radius 2 is 2.26 bits per heavy atom. The van der Waals surface area contributed by atoms with Gasteiger partial charge in [0.1, 0.15) is 0 Å². The highest BCUT2D eigenvalue weighted by Crippen LogP contribution is 2.35. The number of rotatable bonds is 2. The minimum atomic E-state index is 0.570. The Balaban J connectivity index is 1.64. The topological polar surface area (TPSA) is 28.2 Å². The van der Waals surface area contributed by atoms with Gasteiger partial charge in [-0.1, -0.05) is 0 Å². The number of thiazole rings is 1. The summed E-state index contributed by atoms with van der Waals surface area (Å²) in [5, 5.41) is 3.71. The molecule has 1 saturated heterocycles. The first-order chi connectivity index (χ1) is 9.31. The molecule has 2 aliphatic rings. The molecule has 4 rings (SSSR count). The summed E-state index contributed by atoms with van der Waals surface area (Å²) in [6.45, 7) is 4.56. The second-order valence-corrected chi connectivity index (χ2v) is 6.74. The van der Waals surface area contributed by atoms with E-state index in [0.29, 0.717) is 12.1 Å². The number of benzene rings is 1. The van der Waals surface area contributed by atoms with Crippen molar-refractivity contribution in [1.29, 1.82) is 0 Å². The average Bonchev–Trinajstić information content (AvgIpc) is 3.17. The minimum Gasteiger partial charge on any atom is -0.366 e. The molecule has 19 heavy (non-hydrogen) atoms. The van der Waals surface area contributed by atoms with Crippen molar-refractivity contribution in [3.63, 3.8) is 0 Å². The molecule has 2 aromatic rings. The van der Waals surface area contributed by atoms with E-state index >= 15 is 0 Å². The molecule has 3 nitrogen and oxygen atoms in total. The van der Waals surface area contributed by atoms with Crippen molar-refractivity contribution in [2.45, 2.75) is 31.8 Å². The number of hydrogen-bond acceptors (Lipinski definition) is 4. The minimum absolute atomic E-state index is 0.570. The van der Waals surface area contributed by atoms with Crippen molar-refractivity contribution in [2.75, 3.05) is 18.0 Å². The average molecular weight is 273 g/mol. The van der Waals surface area contributed by atoms with E-state index in [0.717, 1.165) is 24.5 Å². The van der Waals surface area contributed by atoms with Crippen molar-refractivity contribution < 1.29 is 0 Å². The van der Waals surface area contributed by atoms with Crippen LogP contribution < -0.4 is 10.2 Å². The molecule has 2 heterocycles. The van der Waals surface area contributed by atoms with Gasteiger partial charge in [0.2, 0.25) is 0 Å². The number of nitrogens with zero attached hydrogens (tertiary/aromatic N) is 2. The largest absolute Gasteiger partial charge is 0.366 e. The van der Waals surface area contributed by atoms with E-state index in [2.05, 4.69) is 40.3 Å². The van der Waals surface area contributed by atoms with Gasteiger partial charge in [-0.15, -0.1) is 11.3 Å². The molecule has 1 N–H and O–H groups in total. The molecule has 1 aliphatic heterocycles.